The Hall–Kier alpha value is -3.10. The molecular formula is C17H15F3N2O4. The number of alkyl halides is 3. The van der Waals surface area contributed by atoms with Crippen molar-refractivity contribution in [2.75, 3.05) is 13.7 Å². The van der Waals surface area contributed by atoms with Gasteiger partial charge in [-0.15, -0.1) is 0 Å². The van der Waals surface area contributed by atoms with E-state index in [-0.39, 0.29) is 0 Å². The van der Waals surface area contributed by atoms with Crippen molar-refractivity contribution < 1.29 is 27.7 Å². The van der Waals surface area contributed by atoms with Crippen LogP contribution < -0.4 is 4.74 Å². The van der Waals surface area contributed by atoms with Crippen LogP contribution in [0, 0.1) is 10.1 Å². The molecule has 6 nitrogen and oxygen atoms in total. The van der Waals surface area contributed by atoms with Gasteiger partial charge in [-0.25, -0.2) is 0 Å². The Kier molecular flexibility index (Phi) is 5.81. The molecule has 0 spiro atoms. The van der Waals surface area contributed by atoms with E-state index in [0.29, 0.717) is 11.3 Å². The molecule has 138 valence electrons. The van der Waals surface area contributed by atoms with Crippen LogP contribution in [0.4, 0.5) is 13.2 Å². The Balaban J connectivity index is 2.36. The Morgan fingerprint density at radius 1 is 1.12 bits per heavy atom. The Bertz CT molecular complexity index is 764. The molecule has 0 heterocycles. The molecule has 9 heteroatoms. The average molecular weight is 368 g/mol. The third kappa shape index (κ3) is 4.29. The number of ether oxygens (including phenoxy) is 1. The fourth-order valence-electron chi connectivity index (χ4n) is 2.23. The number of hydrogen-bond donors (Lipinski definition) is 0. The smallest absolute Gasteiger partial charge is 0.442 e. The predicted octanol–water partition coefficient (Wildman–Crippen LogP) is 3.78. The van der Waals surface area contributed by atoms with Gasteiger partial charge in [0.1, 0.15) is 5.75 Å². The lowest BCUT2D eigenvalue weighted by Crippen LogP contribution is -2.49. The van der Waals surface area contributed by atoms with Gasteiger partial charge in [-0.1, -0.05) is 35.5 Å². The molecule has 0 N–H and O–H groups in total. The molecule has 2 aromatic rings. The monoisotopic (exact) mass is 368 g/mol. The van der Waals surface area contributed by atoms with Gasteiger partial charge in [0.15, 0.2) is 0 Å². The summed E-state index contributed by atoms with van der Waals surface area (Å²) < 4.78 is 46.2. The van der Waals surface area contributed by atoms with Crippen LogP contribution in [0.1, 0.15) is 11.1 Å². The summed E-state index contributed by atoms with van der Waals surface area (Å²) in [4.78, 5) is 14.5. The second kappa shape index (κ2) is 7.85. The Morgan fingerprint density at radius 2 is 1.73 bits per heavy atom. The minimum Gasteiger partial charge on any atom is -0.497 e. The highest BCUT2D eigenvalue weighted by Crippen LogP contribution is 2.42. The molecule has 0 aliphatic heterocycles. The first-order chi connectivity index (χ1) is 12.3. The molecule has 0 aliphatic rings. The third-order valence-corrected chi connectivity index (χ3v) is 3.58. The summed E-state index contributed by atoms with van der Waals surface area (Å²) in [5, 5.41) is 14.3. The summed E-state index contributed by atoms with van der Waals surface area (Å²) in [6, 6.07) is 12.7. The number of nitrogens with zero attached hydrogens (tertiary/aromatic N) is 2. The van der Waals surface area contributed by atoms with Gasteiger partial charge in [0.2, 0.25) is 0 Å². The van der Waals surface area contributed by atoms with Crippen LogP contribution in [0.25, 0.3) is 0 Å². The molecule has 0 aliphatic carbocycles. The lowest BCUT2D eigenvalue weighted by atomic mass is 9.93. The van der Waals surface area contributed by atoms with Crippen LogP contribution in [0.2, 0.25) is 0 Å². The van der Waals surface area contributed by atoms with Gasteiger partial charge in [-0.2, -0.15) is 13.2 Å². The first-order valence-corrected chi connectivity index (χ1v) is 7.38. The van der Waals surface area contributed by atoms with Crippen molar-refractivity contribution in [3.05, 3.63) is 75.8 Å². The van der Waals surface area contributed by atoms with Crippen LogP contribution >= 0.6 is 0 Å². The van der Waals surface area contributed by atoms with Crippen molar-refractivity contribution in [2.45, 2.75) is 11.8 Å². The molecule has 0 saturated heterocycles. The molecule has 0 radical (unpaired) electrons. The van der Waals surface area contributed by atoms with Crippen molar-refractivity contribution in [2.24, 2.45) is 5.16 Å². The summed E-state index contributed by atoms with van der Waals surface area (Å²) in [7, 11) is 1.47. The van der Waals surface area contributed by atoms with Crippen LogP contribution in [0.15, 0.2) is 59.8 Å². The van der Waals surface area contributed by atoms with Gasteiger partial charge in [0.25, 0.3) is 6.54 Å². The second-order valence-electron chi connectivity index (χ2n) is 5.28. The van der Waals surface area contributed by atoms with E-state index in [9.17, 15) is 23.3 Å². The van der Waals surface area contributed by atoms with Crippen molar-refractivity contribution in [1.29, 1.82) is 0 Å². The highest BCUT2D eigenvalue weighted by Gasteiger charge is 2.63. The Labute approximate surface area is 147 Å². The van der Waals surface area contributed by atoms with Crippen LogP contribution in [0.3, 0.4) is 0 Å². The number of halogens is 3. The fourth-order valence-corrected chi connectivity index (χ4v) is 2.23. The van der Waals surface area contributed by atoms with Gasteiger partial charge in [-0.3, -0.25) is 10.1 Å². The topological polar surface area (TPSA) is 74.0 Å². The van der Waals surface area contributed by atoms with Gasteiger partial charge >= 0.3 is 11.8 Å². The molecule has 2 aromatic carbocycles. The molecule has 26 heavy (non-hydrogen) atoms. The molecule has 0 amide bonds. The molecule has 1 atom stereocenters. The van der Waals surface area contributed by atoms with Gasteiger partial charge in [0, 0.05) is 10.5 Å². The summed E-state index contributed by atoms with van der Waals surface area (Å²) in [5.41, 5.74) is -3.16. The van der Waals surface area contributed by atoms with Gasteiger partial charge < -0.3 is 9.57 Å². The zero-order chi connectivity index (χ0) is 19.2. The van der Waals surface area contributed by atoms with E-state index in [2.05, 4.69) is 5.16 Å². The molecule has 0 saturated carbocycles. The van der Waals surface area contributed by atoms with Crippen molar-refractivity contribution in [3.8, 4) is 5.75 Å². The van der Waals surface area contributed by atoms with E-state index in [1.165, 1.54) is 25.3 Å². The number of methoxy groups -OCH3 is 1. The molecule has 0 unspecified atom stereocenters. The third-order valence-electron chi connectivity index (χ3n) is 3.58. The van der Waals surface area contributed by atoms with E-state index in [1.807, 2.05) is 0 Å². The summed E-state index contributed by atoms with van der Waals surface area (Å²) >= 11 is 0. The normalized spacial score (nSPS) is 14.0. The lowest BCUT2D eigenvalue weighted by molar-refractivity contribution is -0.522. The molecule has 0 aromatic heterocycles. The molecule has 0 fully saturated rings. The lowest BCUT2D eigenvalue weighted by Gasteiger charge is -2.29. The second-order valence-corrected chi connectivity index (χ2v) is 5.28. The predicted molar refractivity (Wildman–Crippen MR) is 87.7 cm³/mol. The van der Waals surface area contributed by atoms with E-state index in [4.69, 9.17) is 9.57 Å². The minimum absolute atomic E-state index is 0.406. The van der Waals surface area contributed by atoms with Crippen molar-refractivity contribution >= 4 is 6.21 Å². The molecule has 0 bridgehead atoms. The van der Waals surface area contributed by atoms with E-state index in [0.717, 1.165) is 18.3 Å². The summed E-state index contributed by atoms with van der Waals surface area (Å²) in [6.07, 6.45) is -4.01. The highest BCUT2D eigenvalue weighted by molar-refractivity contribution is 5.79. The highest BCUT2D eigenvalue weighted by atomic mass is 19.4. The van der Waals surface area contributed by atoms with E-state index >= 15 is 0 Å². The minimum atomic E-state index is -5.06. The standard InChI is InChI=1S/C17H15F3N2O4/c1-25-15-9-7-13(8-10-15)11-21-26-16(12-22(23)24,17(18,19)20)14-5-3-2-4-6-14/h2-11H,12H2,1H3/b21-11-/t16-/m1/s1. The number of hydrogen-bond acceptors (Lipinski definition) is 5. The zero-order valence-electron chi connectivity index (χ0n) is 13.6. The van der Waals surface area contributed by atoms with Gasteiger partial charge in [-0.05, 0) is 29.8 Å². The fraction of sp³-hybridized carbons (Fsp3) is 0.235. The maximum atomic E-state index is 13.7. The van der Waals surface area contributed by atoms with Crippen molar-refractivity contribution in [1.82, 2.24) is 0 Å². The Morgan fingerprint density at radius 3 is 2.23 bits per heavy atom. The number of nitro groups is 1. The average Bonchev–Trinajstić information content (AvgIpc) is 2.61. The number of rotatable bonds is 7. The van der Waals surface area contributed by atoms with Crippen LogP contribution in [-0.2, 0) is 10.4 Å². The van der Waals surface area contributed by atoms with E-state index < -0.39 is 28.8 Å². The molecular weight excluding hydrogens is 353 g/mol. The SMILES string of the molecule is COc1ccc(/C=N\O[C@](C[N+](=O)[O-])(c2ccccc2)C(F)(F)F)cc1. The first kappa shape index (κ1) is 19.2. The number of oxime groups is 1. The first-order valence-electron chi connectivity index (χ1n) is 7.38. The number of benzene rings is 2. The van der Waals surface area contributed by atoms with Gasteiger partial charge in [0.05, 0.1) is 13.3 Å². The van der Waals surface area contributed by atoms with E-state index in [1.54, 1.807) is 24.3 Å². The molecule has 2 rings (SSSR count). The van der Waals surface area contributed by atoms with Crippen LogP contribution in [0.5, 0.6) is 5.75 Å². The summed E-state index contributed by atoms with van der Waals surface area (Å²) in [5.74, 6) is 0.561. The zero-order valence-corrected chi connectivity index (χ0v) is 13.6. The maximum absolute atomic E-state index is 13.7. The summed E-state index contributed by atoms with van der Waals surface area (Å²) in [6.45, 7) is -1.51. The maximum Gasteiger partial charge on any atom is 0.442 e. The van der Waals surface area contributed by atoms with Crippen LogP contribution in [-0.4, -0.2) is 31.0 Å². The quantitative estimate of drug-likeness (QED) is 0.423. The van der Waals surface area contributed by atoms with Crippen molar-refractivity contribution in [3.63, 3.8) is 0 Å². The largest absolute Gasteiger partial charge is 0.497 e.